The second kappa shape index (κ2) is 5.94. The molecule has 0 bridgehead atoms. The standard InChI is InChI=1S/C16H26N2S/c1-12(2)16(15-4-3-11-19-15)17-13-7-9-18(10-8-13)14-5-6-14/h3-4,11-14,16-17H,5-10H2,1-2H3. The Morgan fingerprint density at radius 3 is 2.47 bits per heavy atom. The Balaban J connectivity index is 1.54. The molecule has 0 aromatic carbocycles. The van der Waals surface area contributed by atoms with Crippen LogP contribution in [0.5, 0.6) is 0 Å². The zero-order valence-electron chi connectivity index (χ0n) is 12.1. The van der Waals surface area contributed by atoms with Gasteiger partial charge in [0.05, 0.1) is 0 Å². The van der Waals surface area contributed by atoms with Crippen molar-refractivity contribution >= 4 is 11.3 Å². The van der Waals surface area contributed by atoms with Gasteiger partial charge in [0.1, 0.15) is 0 Å². The maximum Gasteiger partial charge on any atom is 0.0440 e. The Morgan fingerprint density at radius 2 is 1.95 bits per heavy atom. The van der Waals surface area contributed by atoms with E-state index in [1.165, 1.54) is 43.6 Å². The fourth-order valence-electron chi connectivity index (χ4n) is 3.20. The molecule has 2 nitrogen and oxygen atoms in total. The Hall–Kier alpha value is -0.380. The highest BCUT2D eigenvalue weighted by atomic mass is 32.1. The molecule has 0 radical (unpaired) electrons. The summed E-state index contributed by atoms with van der Waals surface area (Å²) in [7, 11) is 0. The number of rotatable bonds is 5. The largest absolute Gasteiger partial charge is 0.306 e. The molecule has 1 aliphatic carbocycles. The molecule has 106 valence electrons. The normalized spacial score (nSPS) is 23.9. The van der Waals surface area contributed by atoms with Crippen molar-refractivity contribution in [2.75, 3.05) is 13.1 Å². The molecule has 2 heterocycles. The Bertz CT molecular complexity index is 375. The molecule has 2 aliphatic rings. The fraction of sp³-hybridized carbons (Fsp3) is 0.750. The van der Waals surface area contributed by atoms with Gasteiger partial charge in [-0.3, -0.25) is 0 Å². The highest BCUT2D eigenvalue weighted by Crippen LogP contribution is 2.31. The second-order valence-electron chi connectivity index (χ2n) is 6.45. The fourth-order valence-corrected chi connectivity index (χ4v) is 4.15. The van der Waals surface area contributed by atoms with Gasteiger partial charge in [-0.25, -0.2) is 0 Å². The third-order valence-electron chi connectivity index (χ3n) is 4.52. The molecule has 0 spiro atoms. The van der Waals surface area contributed by atoms with Gasteiger partial charge < -0.3 is 10.2 Å². The molecule has 1 aliphatic heterocycles. The highest BCUT2D eigenvalue weighted by molar-refractivity contribution is 7.10. The summed E-state index contributed by atoms with van der Waals surface area (Å²) in [6, 6.07) is 6.65. The third kappa shape index (κ3) is 3.39. The average molecular weight is 278 g/mol. The van der Waals surface area contributed by atoms with E-state index in [1.807, 2.05) is 11.3 Å². The monoisotopic (exact) mass is 278 g/mol. The van der Waals surface area contributed by atoms with Crippen LogP contribution in [0.4, 0.5) is 0 Å². The molecule has 19 heavy (non-hydrogen) atoms. The van der Waals surface area contributed by atoms with Crippen LogP contribution in [0.2, 0.25) is 0 Å². The summed E-state index contributed by atoms with van der Waals surface area (Å²) in [6.07, 6.45) is 5.54. The molecule has 0 amide bonds. The van der Waals surface area contributed by atoms with Crippen molar-refractivity contribution in [2.45, 2.75) is 57.7 Å². The molecule has 1 aromatic heterocycles. The van der Waals surface area contributed by atoms with E-state index in [9.17, 15) is 0 Å². The van der Waals surface area contributed by atoms with E-state index in [4.69, 9.17) is 0 Å². The van der Waals surface area contributed by atoms with E-state index in [0.717, 1.165) is 6.04 Å². The molecular formula is C16H26N2S. The zero-order valence-corrected chi connectivity index (χ0v) is 13.0. The van der Waals surface area contributed by atoms with Gasteiger partial charge in [-0.2, -0.15) is 0 Å². The lowest BCUT2D eigenvalue weighted by atomic mass is 9.98. The summed E-state index contributed by atoms with van der Waals surface area (Å²) < 4.78 is 0. The van der Waals surface area contributed by atoms with E-state index < -0.39 is 0 Å². The predicted molar refractivity (Wildman–Crippen MR) is 82.7 cm³/mol. The maximum absolute atomic E-state index is 3.92. The lowest BCUT2D eigenvalue weighted by molar-refractivity contribution is 0.177. The van der Waals surface area contributed by atoms with Crippen molar-refractivity contribution in [2.24, 2.45) is 5.92 Å². The van der Waals surface area contributed by atoms with E-state index in [2.05, 4.69) is 41.6 Å². The summed E-state index contributed by atoms with van der Waals surface area (Å²) in [4.78, 5) is 4.20. The average Bonchev–Trinajstić information content (AvgIpc) is 3.12. The van der Waals surface area contributed by atoms with Crippen LogP contribution in [0.25, 0.3) is 0 Å². The van der Waals surface area contributed by atoms with E-state index in [-0.39, 0.29) is 0 Å². The lowest BCUT2D eigenvalue weighted by Crippen LogP contribution is -2.45. The quantitative estimate of drug-likeness (QED) is 0.884. The number of piperidine rings is 1. The molecule has 3 heteroatoms. The number of hydrogen-bond donors (Lipinski definition) is 1. The predicted octanol–water partition coefficient (Wildman–Crippen LogP) is 3.66. The summed E-state index contributed by atoms with van der Waals surface area (Å²) >= 11 is 1.89. The molecule has 1 saturated carbocycles. The number of nitrogens with zero attached hydrogens (tertiary/aromatic N) is 1. The Labute approximate surface area is 121 Å². The van der Waals surface area contributed by atoms with Crippen LogP contribution in [-0.2, 0) is 0 Å². The van der Waals surface area contributed by atoms with Gasteiger partial charge >= 0.3 is 0 Å². The van der Waals surface area contributed by atoms with Crippen LogP contribution < -0.4 is 5.32 Å². The topological polar surface area (TPSA) is 15.3 Å². The summed E-state index contributed by atoms with van der Waals surface area (Å²) in [6.45, 7) is 7.27. The molecular weight excluding hydrogens is 252 g/mol. The first-order valence-electron chi connectivity index (χ1n) is 7.77. The van der Waals surface area contributed by atoms with Gasteiger partial charge in [0.15, 0.2) is 0 Å². The second-order valence-corrected chi connectivity index (χ2v) is 7.42. The highest BCUT2D eigenvalue weighted by Gasteiger charge is 2.32. The van der Waals surface area contributed by atoms with Crippen LogP contribution in [-0.4, -0.2) is 30.1 Å². The van der Waals surface area contributed by atoms with Crippen molar-refractivity contribution in [3.8, 4) is 0 Å². The summed E-state index contributed by atoms with van der Waals surface area (Å²) in [5.74, 6) is 0.667. The molecule has 1 saturated heterocycles. The van der Waals surface area contributed by atoms with Crippen molar-refractivity contribution in [1.82, 2.24) is 10.2 Å². The van der Waals surface area contributed by atoms with Gasteiger partial charge in [0.2, 0.25) is 0 Å². The van der Waals surface area contributed by atoms with E-state index in [1.54, 1.807) is 0 Å². The first kappa shape index (κ1) is 13.6. The van der Waals surface area contributed by atoms with E-state index >= 15 is 0 Å². The number of hydrogen-bond acceptors (Lipinski definition) is 3. The zero-order chi connectivity index (χ0) is 13.2. The minimum Gasteiger partial charge on any atom is -0.306 e. The van der Waals surface area contributed by atoms with Crippen molar-refractivity contribution in [1.29, 1.82) is 0 Å². The van der Waals surface area contributed by atoms with Gasteiger partial charge in [0.25, 0.3) is 0 Å². The number of thiophene rings is 1. The molecule has 3 rings (SSSR count). The van der Waals surface area contributed by atoms with Crippen molar-refractivity contribution in [3.63, 3.8) is 0 Å². The number of nitrogens with one attached hydrogen (secondary N) is 1. The van der Waals surface area contributed by atoms with Gasteiger partial charge in [-0.05, 0) is 56.1 Å². The van der Waals surface area contributed by atoms with Crippen LogP contribution in [0.1, 0.15) is 50.4 Å². The lowest BCUT2D eigenvalue weighted by Gasteiger charge is -2.35. The Morgan fingerprint density at radius 1 is 1.21 bits per heavy atom. The molecule has 1 atom stereocenters. The first-order chi connectivity index (χ1) is 9.24. The summed E-state index contributed by atoms with van der Waals surface area (Å²) in [5, 5.41) is 6.12. The molecule has 1 unspecified atom stereocenters. The first-order valence-corrected chi connectivity index (χ1v) is 8.65. The minimum atomic E-state index is 0.539. The van der Waals surface area contributed by atoms with Crippen LogP contribution in [0.3, 0.4) is 0 Å². The summed E-state index contributed by atoms with van der Waals surface area (Å²) in [5.41, 5.74) is 0. The molecule has 1 aromatic rings. The van der Waals surface area contributed by atoms with Gasteiger partial charge in [-0.15, -0.1) is 11.3 Å². The van der Waals surface area contributed by atoms with Crippen molar-refractivity contribution in [3.05, 3.63) is 22.4 Å². The van der Waals surface area contributed by atoms with Crippen LogP contribution in [0.15, 0.2) is 17.5 Å². The van der Waals surface area contributed by atoms with Crippen molar-refractivity contribution < 1.29 is 0 Å². The minimum absolute atomic E-state index is 0.539. The van der Waals surface area contributed by atoms with Gasteiger partial charge in [0, 0.05) is 23.0 Å². The molecule has 2 fully saturated rings. The number of likely N-dealkylation sites (tertiary alicyclic amines) is 1. The maximum atomic E-state index is 3.92. The van der Waals surface area contributed by atoms with Gasteiger partial charge in [-0.1, -0.05) is 19.9 Å². The molecule has 1 N–H and O–H groups in total. The Kier molecular flexibility index (Phi) is 4.25. The SMILES string of the molecule is CC(C)C(NC1CCN(C2CC2)CC1)c1cccs1. The van der Waals surface area contributed by atoms with E-state index in [0.29, 0.717) is 18.0 Å². The smallest absolute Gasteiger partial charge is 0.0440 e. The van der Waals surface area contributed by atoms with Crippen LogP contribution in [0, 0.1) is 5.92 Å². The third-order valence-corrected chi connectivity index (χ3v) is 5.48. The van der Waals surface area contributed by atoms with Crippen LogP contribution >= 0.6 is 11.3 Å².